The predicted octanol–water partition coefficient (Wildman–Crippen LogP) is 2.41. The van der Waals surface area contributed by atoms with Crippen LogP contribution in [0.25, 0.3) is 0 Å². The van der Waals surface area contributed by atoms with Crippen LogP contribution in [0.15, 0.2) is 11.6 Å². The van der Waals surface area contributed by atoms with E-state index in [-0.39, 0.29) is 35.4 Å². The number of ether oxygens (including phenoxy) is 2. The molecule has 0 aromatic carbocycles. The van der Waals surface area contributed by atoms with Crippen molar-refractivity contribution in [2.24, 2.45) is 34.5 Å². The number of aliphatic hydroxyl groups excluding tert-OH is 1. The summed E-state index contributed by atoms with van der Waals surface area (Å²) in [5, 5.41) is 20.8. The Morgan fingerprint density at radius 1 is 1.20 bits per heavy atom. The first-order chi connectivity index (χ1) is 14.1. The highest BCUT2D eigenvalue weighted by Gasteiger charge is 2.69. The van der Waals surface area contributed by atoms with Crippen molar-refractivity contribution in [3.8, 4) is 0 Å². The second-order valence-electron chi connectivity index (χ2n) is 11.0. The van der Waals surface area contributed by atoms with Crippen LogP contribution in [-0.2, 0) is 19.1 Å². The van der Waals surface area contributed by atoms with Gasteiger partial charge in [0.25, 0.3) is 0 Å². The Morgan fingerprint density at radius 2 is 1.90 bits per heavy atom. The Kier molecular flexibility index (Phi) is 4.49. The van der Waals surface area contributed by atoms with Gasteiger partial charge in [-0.15, -0.1) is 0 Å². The topological polar surface area (TPSA) is 93.1 Å². The third-order valence-corrected chi connectivity index (χ3v) is 9.67. The van der Waals surface area contributed by atoms with Gasteiger partial charge in [0.05, 0.1) is 13.2 Å². The maximum absolute atomic E-state index is 13.7. The number of carbonyl (C=O) groups is 2. The van der Waals surface area contributed by atoms with Gasteiger partial charge in [0.1, 0.15) is 18.0 Å². The van der Waals surface area contributed by atoms with Crippen LogP contribution in [0.2, 0.25) is 0 Å². The second-order valence-corrected chi connectivity index (χ2v) is 11.0. The summed E-state index contributed by atoms with van der Waals surface area (Å²) in [6.45, 7) is 6.90. The molecule has 4 fully saturated rings. The molecule has 0 amide bonds. The molecule has 0 radical (unpaired) electrons. The van der Waals surface area contributed by atoms with Gasteiger partial charge in [-0.25, -0.2) is 0 Å². The molecule has 2 N–H and O–H groups in total. The molecule has 4 aliphatic carbocycles. The van der Waals surface area contributed by atoms with E-state index >= 15 is 0 Å². The van der Waals surface area contributed by atoms with E-state index in [1.54, 1.807) is 0 Å². The Bertz CT molecular complexity index is 813. The van der Waals surface area contributed by atoms with Crippen LogP contribution in [0, 0.1) is 34.5 Å². The molecule has 166 valence electrons. The first kappa shape index (κ1) is 20.8. The summed E-state index contributed by atoms with van der Waals surface area (Å²) in [5.74, 6) is -0.547. The molecule has 30 heavy (non-hydrogen) atoms. The van der Waals surface area contributed by atoms with Crippen molar-refractivity contribution in [3.63, 3.8) is 0 Å². The third kappa shape index (κ3) is 2.45. The number of Topliss-reactive ketones (excluding diaryl/α,β-unsaturated/α-hetero) is 2. The number of carbonyl (C=O) groups excluding carboxylic acids is 2. The fourth-order valence-electron chi connectivity index (χ4n) is 8.22. The average Bonchev–Trinajstić information content (AvgIpc) is 3.26. The zero-order valence-corrected chi connectivity index (χ0v) is 18.3. The van der Waals surface area contributed by atoms with Crippen molar-refractivity contribution in [1.29, 1.82) is 0 Å². The smallest absolute Gasteiger partial charge is 0.190 e. The van der Waals surface area contributed by atoms with E-state index < -0.39 is 29.2 Å². The molecule has 7 atom stereocenters. The molecule has 0 aromatic rings. The van der Waals surface area contributed by atoms with Gasteiger partial charge in [-0.05, 0) is 54.9 Å². The number of hydrogen-bond acceptors (Lipinski definition) is 6. The van der Waals surface area contributed by atoms with Gasteiger partial charge in [-0.3, -0.25) is 9.59 Å². The SMILES string of the molecule is C[C@H]1C[C@@H]2[C@H](C(=O)C[C@@]3(C)[C@H]2CC[C@]3(O)C(=O)CO)[C@@]2(C)CCC3(C=C12)OCCO3. The molecule has 0 aromatic heterocycles. The standard InChI is InChI=1S/C24H34O6/c1-14-10-15-16-4-5-24(28,19(27)13-25)22(16,3)12-18(26)20(15)21(2)6-7-23(11-17(14)21)29-8-9-30-23/h11,14-16,20,25,28H,4-10,12-13H2,1-3H3/t14-,15-,16-,20+,21-,22-,24-/m0/s1. The van der Waals surface area contributed by atoms with E-state index in [9.17, 15) is 19.8 Å². The molecule has 1 aliphatic heterocycles. The summed E-state index contributed by atoms with van der Waals surface area (Å²) < 4.78 is 11.9. The molecule has 5 rings (SSSR count). The molecular formula is C24H34O6. The minimum absolute atomic E-state index is 0.0941. The number of allylic oxidation sites excluding steroid dienone is 1. The van der Waals surface area contributed by atoms with Crippen molar-refractivity contribution >= 4 is 11.6 Å². The lowest BCUT2D eigenvalue weighted by Crippen LogP contribution is -2.62. The van der Waals surface area contributed by atoms with Gasteiger partial charge >= 0.3 is 0 Å². The lowest BCUT2D eigenvalue weighted by Gasteiger charge is -2.60. The zero-order chi connectivity index (χ0) is 21.5. The molecule has 1 spiro atoms. The van der Waals surface area contributed by atoms with E-state index in [4.69, 9.17) is 9.47 Å². The normalized spacial score (nSPS) is 49.4. The monoisotopic (exact) mass is 418 g/mol. The molecule has 3 saturated carbocycles. The van der Waals surface area contributed by atoms with Crippen molar-refractivity contribution < 1.29 is 29.3 Å². The highest BCUT2D eigenvalue weighted by atomic mass is 16.7. The van der Waals surface area contributed by atoms with Gasteiger partial charge in [0.15, 0.2) is 11.6 Å². The number of fused-ring (bicyclic) bond motifs is 5. The van der Waals surface area contributed by atoms with Crippen LogP contribution >= 0.6 is 0 Å². The van der Waals surface area contributed by atoms with E-state index in [0.29, 0.717) is 25.6 Å². The van der Waals surface area contributed by atoms with Gasteiger partial charge < -0.3 is 19.7 Å². The highest BCUT2D eigenvalue weighted by molar-refractivity contribution is 5.92. The summed E-state index contributed by atoms with van der Waals surface area (Å²) in [7, 11) is 0. The van der Waals surface area contributed by atoms with Crippen LogP contribution in [0.4, 0.5) is 0 Å². The number of hydrogen-bond donors (Lipinski definition) is 2. The van der Waals surface area contributed by atoms with Gasteiger partial charge in [-0.2, -0.15) is 0 Å². The van der Waals surface area contributed by atoms with Crippen molar-refractivity contribution in [1.82, 2.24) is 0 Å². The molecule has 0 bridgehead atoms. The third-order valence-electron chi connectivity index (χ3n) is 9.67. The molecule has 6 nitrogen and oxygen atoms in total. The van der Waals surface area contributed by atoms with Crippen LogP contribution in [0.5, 0.6) is 0 Å². The largest absolute Gasteiger partial charge is 0.388 e. The summed E-state index contributed by atoms with van der Waals surface area (Å²) in [6, 6.07) is 0. The Balaban J connectivity index is 1.54. The highest BCUT2D eigenvalue weighted by Crippen LogP contribution is 2.68. The van der Waals surface area contributed by atoms with Crippen molar-refractivity contribution in [2.75, 3.05) is 19.8 Å². The van der Waals surface area contributed by atoms with Crippen LogP contribution in [0.1, 0.15) is 59.3 Å². The van der Waals surface area contributed by atoms with Gasteiger partial charge in [-0.1, -0.05) is 26.3 Å². The van der Waals surface area contributed by atoms with E-state index in [1.807, 2.05) is 6.92 Å². The summed E-state index contributed by atoms with van der Waals surface area (Å²) in [5.41, 5.74) is -1.34. The molecular weight excluding hydrogens is 384 g/mol. The lowest BCUT2D eigenvalue weighted by atomic mass is 9.44. The van der Waals surface area contributed by atoms with Gasteiger partial charge in [0.2, 0.25) is 0 Å². The summed E-state index contributed by atoms with van der Waals surface area (Å²) in [4.78, 5) is 26.2. The lowest BCUT2D eigenvalue weighted by molar-refractivity contribution is -0.176. The molecule has 0 unspecified atom stereocenters. The molecule has 1 heterocycles. The van der Waals surface area contributed by atoms with E-state index in [2.05, 4.69) is 19.9 Å². The minimum atomic E-state index is -1.60. The number of aliphatic hydroxyl groups is 2. The first-order valence-electron chi connectivity index (χ1n) is 11.5. The first-order valence-corrected chi connectivity index (χ1v) is 11.5. The second kappa shape index (κ2) is 6.47. The van der Waals surface area contributed by atoms with E-state index in [1.165, 1.54) is 5.57 Å². The fourth-order valence-corrected chi connectivity index (χ4v) is 8.22. The molecule has 1 saturated heterocycles. The molecule has 6 heteroatoms. The maximum atomic E-state index is 13.7. The summed E-state index contributed by atoms with van der Waals surface area (Å²) in [6.07, 6.45) is 5.91. The average molecular weight is 419 g/mol. The zero-order valence-electron chi connectivity index (χ0n) is 18.3. The van der Waals surface area contributed by atoms with Crippen LogP contribution in [-0.4, -0.2) is 53.0 Å². The predicted molar refractivity (Wildman–Crippen MR) is 108 cm³/mol. The Morgan fingerprint density at radius 3 is 2.57 bits per heavy atom. The van der Waals surface area contributed by atoms with Crippen LogP contribution < -0.4 is 0 Å². The Hall–Kier alpha value is -1.08. The molecule has 5 aliphatic rings. The van der Waals surface area contributed by atoms with Gasteiger partial charge in [0, 0.05) is 24.2 Å². The number of rotatable bonds is 2. The summed E-state index contributed by atoms with van der Waals surface area (Å²) >= 11 is 0. The van der Waals surface area contributed by atoms with Crippen molar-refractivity contribution in [3.05, 3.63) is 11.6 Å². The van der Waals surface area contributed by atoms with Crippen LogP contribution in [0.3, 0.4) is 0 Å². The quantitative estimate of drug-likeness (QED) is 0.669. The maximum Gasteiger partial charge on any atom is 0.190 e. The van der Waals surface area contributed by atoms with Crippen molar-refractivity contribution in [2.45, 2.75) is 70.7 Å². The number of ketones is 2. The fraction of sp³-hybridized carbons (Fsp3) is 0.833. The van der Waals surface area contributed by atoms with E-state index in [0.717, 1.165) is 25.7 Å². The minimum Gasteiger partial charge on any atom is -0.388 e. The Labute approximate surface area is 178 Å².